The molecule has 0 aliphatic carbocycles. The molecule has 0 bridgehead atoms. The molecule has 8 nitrogen and oxygen atoms in total. The molecule has 3 aromatic rings. The molecule has 1 aliphatic rings. The van der Waals surface area contributed by atoms with Gasteiger partial charge in [-0.1, -0.05) is 18.2 Å². The van der Waals surface area contributed by atoms with Crippen LogP contribution < -0.4 is 9.64 Å². The minimum absolute atomic E-state index is 0.0415. The molecule has 3 heterocycles. The number of hydrogen-bond donors (Lipinski definition) is 0. The molecule has 0 radical (unpaired) electrons. The highest BCUT2D eigenvalue weighted by Gasteiger charge is 2.21. The Kier molecular flexibility index (Phi) is 8.10. The molecule has 1 aliphatic heterocycles. The van der Waals surface area contributed by atoms with Crippen molar-refractivity contribution in [2.75, 3.05) is 37.7 Å². The zero-order valence-electron chi connectivity index (χ0n) is 19.8. The van der Waals surface area contributed by atoms with Crippen molar-refractivity contribution >= 4 is 35.1 Å². The van der Waals surface area contributed by atoms with Crippen LogP contribution in [0.1, 0.15) is 33.5 Å². The number of piperazine rings is 1. The van der Waals surface area contributed by atoms with Gasteiger partial charge in [0.15, 0.2) is 0 Å². The number of aryl methyl sites for hydroxylation is 1. The van der Waals surface area contributed by atoms with E-state index in [1.807, 2.05) is 47.5 Å². The fourth-order valence-corrected chi connectivity index (χ4v) is 4.30. The highest BCUT2D eigenvalue weighted by molar-refractivity contribution is 7.09. The Bertz CT molecular complexity index is 1180. The Morgan fingerprint density at radius 2 is 1.91 bits per heavy atom. The van der Waals surface area contributed by atoms with Crippen molar-refractivity contribution in [1.82, 2.24) is 14.9 Å². The second-order valence-electron chi connectivity index (χ2n) is 7.96. The van der Waals surface area contributed by atoms with Crippen molar-refractivity contribution in [3.63, 3.8) is 0 Å². The van der Waals surface area contributed by atoms with E-state index in [0.717, 1.165) is 22.1 Å². The second kappa shape index (κ2) is 11.6. The number of para-hydroxylation sites is 1. The van der Waals surface area contributed by atoms with Gasteiger partial charge in [0.1, 0.15) is 18.2 Å². The van der Waals surface area contributed by atoms with Gasteiger partial charge in [0, 0.05) is 49.4 Å². The number of thiazole rings is 1. The summed E-state index contributed by atoms with van der Waals surface area (Å²) >= 11 is 1.59. The Balaban J connectivity index is 1.30. The predicted octanol–water partition coefficient (Wildman–Crippen LogP) is 3.96. The average Bonchev–Trinajstić information content (AvgIpc) is 3.32. The van der Waals surface area contributed by atoms with Crippen molar-refractivity contribution in [1.29, 1.82) is 0 Å². The van der Waals surface area contributed by atoms with E-state index in [-0.39, 0.29) is 11.9 Å². The van der Waals surface area contributed by atoms with E-state index in [1.54, 1.807) is 36.5 Å². The Labute approximate surface area is 208 Å². The molecule has 1 aromatic carbocycles. The molecule has 0 N–H and O–H groups in total. The van der Waals surface area contributed by atoms with Crippen LogP contribution >= 0.6 is 11.3 Å². The highest BCUT2D eigenvalue weighted by Crippen LogP contribution is 2.22. The molecule has 4 rings (SSSR count). The SMILES string of the molecule is CCOC(=O)c1ccc(N2CCN(C(=O)/C=C/c3ccccc3OCc3csc(C)n3)CC2)nc1. The largest absolute Gasteiger partial charge is 0.487 e. The van der Waals surface area contributed by atoms with Crippen LogP contribution in [0.15, 0.2) is 54.1 Å². The van der Waals surface area contributed by atoms with E-state index >= 15 is 0 Å². The third kappa shape index (κ3) is 6.45. The fourth-order valence-electron chi connectivity index (χ4n) is 3.71. The molecule has 0 saturated carbocycles. The molecular weight excluding hydrogens is 464 g/mol. The number of ether oxygens (including phenoxy) is 2. The molecule has 1 amide bonds. The van der Waals surface area contributed by atoms with Crippen LogP contribution in [-0.4, -0.2) is 59.5 Å². The molecule has 182 valence electrons. The molecule has 1 saturated heterocycles. The molecule has 0 spiro atoms. The molecular formula is C26H28N4O4S. The number of esters is 1. The summed E-state index contributed by atoms with van der Waals surface area (Å²) in [6, 6.07) is 11.2. The molecule has 0 unspecified atom stereocenters. The molecule has 0 atom stereocenters. The van der Waals surface area contributed by atoms with E-state index in [4.69, 9.17) is 9.47 Å². The van der Waals surface area contributed by atoms with Gasteiger partial charge in [0.25, 0.3) is 0 Å². The summed E-state index contributed by atoms with van der Waals surface area (Å²) in [4.78, 5) is 37.3. The standard InChI is InChI=1S/C26H28N4O4S/c1-3-33-26(32)21-8-10-24(27-16-21)29-12-14-30(15-13-29)25(31)11-9-20-6-4-5-7-23(20)34-17-22-18-35-19(2)28-22/h4-11,16,18H,3,12-15,17H2,1-2H3/b11-9+. The third-order valence-corrected chi connectivity index (χ3v) is 6.36. The summed E-state index contributed by atoms with van der Waals surface area (Å²) in [5.74, 6) is 1.07. The summed E-state index contributed by atoms with van der Waals surface area (Å²) < 4.78 is 10.9. The van der Waals surface area contributed by atoms with Gasteiger partial charge in [-0.05, 0) is 38.1 Å². The highest BCUT2D eigenvalue weighted by atomic mass is 32.1. The van der Waals surface area contributed by atoms with E-state index in [9.17, 15) is 9.59 Å². The number of carbonyl (C=O) groups is 2. The van der Waals surface area contributed by atoms with E-state index in [0.29, 0.717) is 50.7 Å². The summed E-state index contributed by atoms with van der Waals surface area (Å²) in [5, 5.41) is 2.99. The molecule has 35 heavy (non-hydrogen) atoms. The Morgan fingerprint density at radius 1 is 1.11 bits per heavy atom. The van der Waals surface area contributed by atoms with Crippen LogP contribution in [0, 0.1) is 6.92 Å². The number of amides is 1. The lowest BCUT2D eigenvalue weighted by molar-refractivity contribution is -0.126. The molecule has 2 aromatic heterocycles. The van der Waals surface area contributed by atoms with Crippen molar-refractivity contribution < 1.29 is 19.1 Å². The van der Waals surface area contributed by atoms with Gasteiger partial charge in [-0.2, -0.15) is 0 Å². The van der Waals surface area contributed by atoms with Gasteiger partial charge in [-0.15, -0.1) is 11.3 Å². The van der Waals surface area contributed by atoms with Gasteiger partial charge < -0.3 is 19.3 Å². The summed E-state index contributed by atoms with van der Waals surface area (Å²) in [5.41, 5.74) is 2.17. The van der Waals surface area contributed by atoms with Crippen molar-refractivity contribution in [2.24, 2.45) is 0 Å². The maximum Gasteiger partial charge on any atom is 0.339 e. The monoisotopic (exact) mass is 492 g/mol. The summed E-state index contributed by atoms with van der Waals surface area (Å²) in [7, 11) is 0. The fraction of sp³-hybridized carbons (Fsp3) is 0.308. The number of rotatable bonds is 8. The minimum atomic E-state index is -0.376. The van der Waals surface area contributed by atoms with Crippen LogP contribution in [-0.2, 0) is 16.1 Å². The van der Waals surface area contributed by atoms with Gasteiger partial charge in [0.2, 0.25) is 5.91 Å². The Morgan fingerprint density at radius 3 is 2.60 bits per heavy atom. The number of carbonyl (C=O) groups excluding carboxylic acids is 2. The maximum atomic E-state index is 12.8. The van der Waals surface area contributed by atoms with E-state index in [1.165, 1.54) is 6.20 Å². The van der Waals surface area contributed by atoms with Crippen LogP contribution in [0.25, 0.3) is 6.08 Å². The first-order valence-corrected chi connectivity index (χ1v) is 12.4. The van der Waals surface area contributed by atoms with Crippen molar-refractivity contribution in [2.45, 2.75) is 20.5 Å². The number of nitrogens with zero attached hydrogens (tertiary/aromatic N) is 4. The van der Waals surface area contributed by atoms with Crippen LogP contribution in [0.3, 0.4) is 0 Å². The van der Waals surface area contributed by atoms with Gasteiger partial charge in [-0.25, -0.2) is 14.8 Å². The number of hydrogen-bond acceptors (Lipinski definition) is 8. The van der Waals surface area contributed by atoms with Crippen molar-refractivity contribution in [3.05, 3.63) is 75.9 Å². The zero-order chi connectivity index (χ0) is 24.6. The van der Waals surface area contributed by atoms with Crippen LogP contribution in [0.5, 0.6) is 5.75 Å². The van der Waals surface area contributed by atoms with Gasteiger partial charge in [-0.3, -0.25) is 4.79 Å². The first-order valence-electron chi connectivity index (χ1n) is 11.5. The summed E-state index contributed by atoms with van der Waals surface area (Å²) in [6.45, 7) is 6.96. The van der Waals surface area contributed by atoms with E-state index in [2.05, 4.69) is 14.9 Å². The van der Waals surface area contributed by atoms with Crippen LogP contribution in [0.2, 0.25) is 0 Å². The molecule has 1 fully saturated rings. The minimum Gasteiger partial charge on any atom is -0.487 e. The summed E-state index contributed by atoms with van der Waals surface area (Å²) in [6.07, 6.45) is 4.92. The topological polar surface area (TPSA) is 84.9 Å². The number of pyridine rings is 1. The maximum absolute atomic E-state index is 12.8. The predicted molar refractivity (Wildman–Crippen MR) is 136 cm³/mol. The second-order valence-corrected chi connectivity index (χ2v) is 9.02. The molecule has 9 heteroatoms. The van der Waals surface area contributed by atoms with Crippen LogP contribution in [0.4, 0.5) is 5.82 Å². The lowest BCUT2D eigenvalue weighted by Crippen LogP contribution is -2.48. The van der Waals surface area contributed by atoms with Crippen molar-refractivity contribution in [3.8, 4) is 5.75 Å². The third-order valence-electron chi connectivity index (χ3n) is 5.54. The smallest absolute Gasteiger partial charge is 0.339 e. The number of anilines is 1. The van der Waals surface area contributed by atoms with E-state index < -0.39 is 0 Å². The number of benzene rings is 1. The first kappa shape index (κ1) is 24.4. The van der Waals surface area contributed by atoms with Gasteiger partial charge >= 0.3 is 5.97 Å². The Hall–Kier alpha value is -3.72. The average molecular weight is 493 g/mol. The first-order chi connectivity index (χ1) is 17.0. The lowest BCUT2D eigenvalue weighted by atomic mass is 10.2. The normalized spacial score (nSPS) is 13.8. The quantitative estimate of drug-likeness (QED) is 0.348. The van der Waals surface area contributed by atoms with Gasteiger partial charge in [0.05, 0.1) is 22.9 Å². The lowest BCUT2D eigenvalue weighted by Gasteiger charge is -2.35. The zero-order valence-corrected chi connectivity index (χ0v) is 20.7. The number of aromatic nitrogens is 2.